The zero-order valence-corrected chi connectivity index (χ0v) is 5.58. The van der Waals surface area contributed by atoms with Crippen LogP contribution in [0.3, 0.4) is 0 Å². The van der Waals surface area contributed by atoms with Gasteiger partial charge in [-0.25, -0.2) is 0 Å². The molecule has 74 valence electrons. The van der Waals surface area contributed by atoms with Gasteiger partial charge in [0.2, 0.25) is 0 Å². The van der Waals surface area contributed by atoms with Gasteiger partial charge in [-0.05, 0) is 0 Å². The first-order valence-corrected chi connectivity index (χ1v) is 2.10. The summed E-state index contributed by atoms with van der Waals surface area (Å²) in [6, 6.07) is 0. The smallest absolute Gasteiger partial charge is 0.0870 e. The van der Waals surface area contributed by atoms with Crippen LogP contribution in [0.4, 0.5) is 0 Å². The van der Waals surface area contributed by atoms with Crippen molar-refractivity contribution in [2.24, 2.45) is 0 Å². The highest BCUT2D eigenvalue weighted by molar-refractivity contribution is 6.25. The van der Waals surface area contributed by atoms with Crippen molar-refractivity contribution in [3.05, 3.63) is 0 Å². The van der Waals surface area contributed by atoms with Crippen molar-refractivity contribution in [3.63, 3.8) is 0 Å². The van der Waals surface area contributed by atoms with Gasteiger partial charge in [-0.2, -0.15) is 20.8 Å². The van der Waals surface area contributed by atoms with Crippen LogP contribution in [0.15, 0.2) is 0 Å². The summed E-state index contributed by atoms with van der Waals surface area (Å²) in [6.07, 6.45) is 0. The van der Waals surface area contributed by atoms with Crippen molar-refractivity contribution in [3.8, 4) is 0 Å². The Bertz CT molecular complexity index is 99.6. The molecular weight excluding hydrogens is 180 g/mol. The van der Waals surface area contributed by atoms with E-state index in [2.05, 4.69) is 0 Å². The molecule has 12 heavy (non-hydrogen) atoms. The average Bonchev–Trinajstić information content (AvgIpc) is 1.90. The van der Waals surface area contributed by atoms with Crippen molar-refractivity contribution in [1.82, 2.24) is 0 Å². The fourth-order valence-corrected chi connectivity index (χ4v) is 0. The monoisotopic (exact) mass is 188 g/mol. The lowest BCUT2D eigenvalue weighted by molar-refractivity contribution is -1.06. The molecular formula is C2H8N2O8. The van der Waals surface area contributed by atoms with Crippen molar-refractivity contribution >= 4 is 11.9 Å². The van der Waals surface area contributed by atoms with Crippen LogP contribution < -0.4 is 21.5 Å². The molecule has 0 radical (unpaired) electrons. The molecule has 0 heterocycles. The minimum atomic E-state index is -2.19. The molecule has 0 saturated heterocycles. The summed E-state index contributed by atoms with van der Waals surface area (Å²) in [4.78, 5) is 17.9. The van der Waals surface area contributed by atoms with E-state index in [0.717, 1.165) is 0 Å². The zero-order valence-electron chi connectivity index (χ0n) is 5.58. The summed E-state index contributed by atoms with van der Waals surface area (Å²) in [5, 5.41) is 45.9. The fourth-order valence-electron chi connectivity index (χ4n) is 0. The van der Waals surface area contributed by atoms with Crippen LogP contribution in [-0.4, -0.2) is 32.8 Å². The Hall–Kier alpha value is -1.30. The third kappa shape index (κ3) is 70.8. The third-order valence-corrected chi connectivity index (χ3v) is 0.167. The highest BCUT2D eigenvalue weighted by Crippen LogP contribution is 1.41. The second kappa shape index (κ2) is 16.4. The number of carboxylic acid groups (broad SMARTS) is 2. The Balaban J connectivity index is -0.000000115. The summed E-state index contributed by atoms with van der Waals surface area (Å²) in [7, 11) is 0. The van der Waals surface area contributed by atoms with Crippen molar-refractivity contribution < 1.29 is 51.9 Å². The van der Waals surface area contributed by atoms with Crippen LogP contribution in [0.2, 0.25) is 0 Å². The topological polar surface area (TPSA) is 194 Å². The van der Waals surface area contributed by atoms with Crippen molar-refractivity contribution in [1.29, 1.82) is 0 Å². The lowest BCUT2D eigenvalue weighted by Crippen LogP contribution is -2.76. The predicted molar refractivity (Wildman–Crippen MR) is 21.0 cm³/mol. The van der Waals surface area contributed by atoms with E-state index < -0.39 is 11.9 Å². The minimum absolute atomic E-state index is 0. The SMILES string of the molecule is O=C([O-])C(=O)[O-].O[NH2+]O.O[NH2+]O. The summed E-state index contributed by atoms with van der Waals surface area (Å²) in [5.41, 5.74) is 0. The van der Waals surface area contributed by atoms with Crippen LogP contribution in [0.1, 0.15) is 0 Å². The van der Waals surface area contributed by atoms with E-state index in [1.54, 1.807) is 0 Å². The van der Waals surface area contributed by atoms with Gasteiger partial charge in [0.1, 0.15) is 0 Å². The molecule has 0 fully saturated rings. The van der Waals surface area contributed by atoms with E-state index in [0.29, 0.717) is 0 Å². The maximum absolute atomic E-state index is 8.93. The molecule has 0 aliphatic heterocycles. The second-order valence-corrected chi connectivity index (χ2v) is 0.806. The molecule has 0 amide bonds. The van der Waals surface area contributed by atoms with Gasteiger partial charge in [0, 0.05) is 0 Å². The van der Waals surface area contributed by atoms with Crippen LogP contribution in [0.25, 0.3) is 0 Å². The van der Waals surface area contributed by atoms with Crippen LogP contribution >= 0.6 is 0 Å². The lowest BCUT2D eigenvalue weighted by atomic mass is 10.7. The quantitative estimate of drug-likeness (QED) is 0.159. The first kappa shape index (κ1) is 17.0. The second-order valence-electron chi connectivity index (χ2n) is 0.806. The third-order valence-electron chi connectivity index (χ3n) is 0.167. The Morgan fingerprint density at radius 2 is 0.917 bits per heavy atom. The minimum Gasteiger partial charge on any atom is -0.543 e. The number of carbonyl (C=O) groups excluding carboxylic acids is 2. The molecule has 0 aliphatic carbocycles. The van der Waals surface area contributed by atoms with E-state index in [1.807, 2.05) is 0 Å². The number of quaternary nitrogens is 2. The first-order valence-electron chi connectivity index (χ1n) is 2.10. The maximum atomic E-state index is 8.93. The highest BCUT2D eigenvalue weighted by atomic mass is 16.7. The average molecular weight is 188 g/mol. The molecule has 0 spiro atoms. The number of carboxylic acids is 2. The summed E-state index contributed by atoms with van der Waals surface area (Å²) in [5.74, 6) is -4.37. The largest absolute Gasteiger partial charge is 0.543 e. The Morgan fingerprint density at radius 1 is 0.833 bits per heavy atom. The molecule has 0 aromatic heterocycles. The lowest BCUT2D eigenvalue weighted by Gasteiger charge is -1.97. The maximum Gasteiger partial charge on any atom is 0.0870 e. The van der Waals surface area contributed by atoms with Gasteiger partial charge >= 0.3 is 0 Å². The molecule has 10 heteroatoms. The summed E-state index contributed by atoms with van der Waals surface area (Å²) < 4.78 is 0. The van der Waals surface area contributed by atoms with Gasteiger partial charge in [0.15, 0.2) is 0 Å². The Kier molecular flexibility index (Phi) is 23.1. The van der Waals surface area contributed by atoms with E-state index in [9.17, 15) is 0 Å². The predicted octanol–water partition coefficient (Wildman–Crippen LogP) is -6.86. The molecule has 8 N–H and O–H groups in total. The molecule has 0 atom stereocenters. The molecule has 0 bridgehead atoms. The standard InChI is InChI=1S/C2H2O4.2H4NO2/c3-1(4)2(5)6;2*2-1-3/h(H,3,4)(H,5,6);2*2-3H,1H2/q;2*+1/p-2. The van der Waals surface area contributed by atoms with Gasteiger partial charge in [-0.1, -0.05) is 11.3 Å². The number of nitrogens with two attached hydrogens (primary N) is 2. The molecule has 0 aromatic carbocycles. The van der Waals surface area contributed by atoms with Gasteiger partial charge in [-0.15, -0.1) is 0 Å². The number of aliphatic carboxylic acids is 2. The van der Waals surface area contributed by atoms with E-state index in [1.165, 1.54) is 0 Å². The molecule has 0 aliphatic rings. The zero-order chi connectivity index (χ0) is 10.6. The Labute approximate surface area is 65.1 Å². The van der Waals surface area contributed by atoms with Crippen molar-refractivity contribution in [2.75, 3.05) is 0 Å². The Morgan fingerprint density at radius 3 is 0.917 bits per heavy atom. The van der Waals surface area contributed by atoms with E-state index in [4.69, 9.17) is 40.6 Å². The van der Waals surface area contributed by atoms with Gasteiger partial charge < -0.3 is 19.8 Å². The summed E-state index contributed by atoms with van der Waals surface area (Å²) >= 11 is 0. The van der Waals surface area contributed by atoms with Gasteiger partial charge in [0.25, 0.3) is 0 Å². The van der Waals surface area contributed by atoms with Gasteiger partial charge in [0.05, 0.1) is 11.9 Å². The highest BCUT2D eigenvalue weighted by Gasteiger charge is 1.74. The van der Waals surface area contributed by atoms with Crippen LogP contribution in [-0.2, 0) is 9.59 Å². The molecule has 0 rings (SSSR count). The fraction of sp³-hybridized carbons (Fsp3) is 0. The number of hydrogen-bond donors (Lipinski definition) is 6. The first-order chi connectivity index (χ1) is 5.47. The van der Waals surface area contributed by atoms with Crippen molar-refractivity contribution in [2.45, 2.75) is 0 Å². The molecule has 10 nitrogen and oxygen atoms in total. The molecule has 0 unspecified atom stereocenters. The van der Waals surface area contributed by atoms with Gasteiger partial charge in [-0.3, -0.25) is 0 Å². The summed E-state index contributed by atoms with van der Waals surface area (Å²) in [6.45, 7) is 0. The number of carbonyl (C=O) groups is 2. The normalized spacial score (nSPS) is 6.67. The molecule has 0 aromatic rings. The number of hydrogen-bond acceptors (Lipinski definition) is 8. The van der Waals surface area contributed by atoms with Crippen LogP contribution in [0.5, 0.6) is 0 Å². The number of rotatable bonds is 0. The van der Waals surface area contributed by atoms with E-state index >= 15 is 0 Å². The van der Waals surface area contributed by atoms with Crippen LogP contribution in [0, 0.1) is 0 Å². The molecule has 0 saturated carbocycles. The van der Waals surface area contributed by atoms with E-state index in [-0.39, 0.29) is 11.3 Å².